The van der Waals surface area contributed by atoms with E-state index in [1.807, 2.05) is 12.4 Å². The van der Waals surface area contributed by atoms with Crippen LogP contribution in [0.25, 0.3) is 5.65 Å². The van der Waals surface area contributed by atoms with Crippen LogP contribution in [0.2, 0.25) is 0 Å². The lowest BCUT2D eigenvalue weighted by Crippen LogP contribution is -2.17. The van der Waals surface area contributed by atoms with Crippen LogP contribution >= 0.6 is 15.9 Å². The molecule has 0 atom stereocenters. The van der Waals surface area contributed by atoms with Crippen LogP contribution in [-0.2, 0) is 13.0 Å². The lowest BCUT2D eigenvalue weighted by Gasteiger charge is -2.06. The lowest BCUT2D eigenvalue weighted by atomic mass is 10.1. The topological polar surface area (TPSA) is 42.2 Å². The third-order valence-electron chi connectivity index (χ3n) is 3.42. The molecule has 5 heteroatoms. The van der Waals surface area contributed by atoms with Crippen LogP contribution in [0.4, 0.5) is 0 Å². The number of rotatable bonds is 5. The van der Waals surface area contributed by atoms with Gasteiger partial charge in [0, 0.05) is 12.7 Å². The summed E-state index contributed by atoms with van der Waals surface area (Å²) in [5.41, 5.74) is 4.69. The number of hydrogen-bond acceptors (Lipinski definition) is 3. The molecule has 3 rings (SSSR count). The summed E-state index contributed by atoms with van der Waals surface area (Å²) in [7, 11) is 0. The number of aryl methyl sites for hydroxylation is 1. The predicted octanol–water partition coefficient (Wildman–Crippen LogP) is 3.13. The zero-order chi connectivity index (χ0) is 14.7. The fraction of sp³-hybridized carbons (Fsp3) is 0.250. The summed E-state index contributed by atoms with van der Waals surface area (Å²) in [6, 6.07) is 8.64. The molecule has 0 spiro atoms. The van der Waals surface area contributed by atoms with E-state index in [2.05, 4.69) is 66.8 Å². The highest BCUT2D eigenvalue weighted by Crippen LogP contribution is 2.10. The highest BCUT2D eigenvalue weighted by molar-refractivity contribution is 9.10. The van der Waals surface area contributed by atoms with Crippen molar-refractivity contribution in [3.63, 3.8) is 0 Å². The predicted molar refractivity (Wildman–Crippen MR) is 87.3 cm³/mol. The van der Waals surface area contributed by atoms with E-state index >= 15 is 0 Å². The van der Waals surface area contributed by atoms with E-state index in [0.717, 1.165) is 35.5 Å². The molecule has 0 aliphatic heterocycles. The van der Waals surface area contributed by atoms with E-state index in [9.17, 15) is 0 Å². The van der Waals surface area contributed by atoms with Gasteiger partial charge in [0.05, 0.1) is 18.1 Å². The molecule has 4 nitrogen and oxygen atoms in total. The van der Waals surface area contributed by atoms with Gasteiger partial charge in [-0.1, -0.05) is 29.8 Å². The summed E-state index contributed by atoms with van der Waals surface area (Å²) in [5, 5.41) is 3.47. The summed E-state index contributed by atoms with van der Waals surface area (Å²) in [6.07, 6.45) is 6.63. The molecule has 1 N–H and O–H groups in total. The van der Waals surface area contributed by atoms with E-state index < -0.39 is 0 Å². The maximum absolute atomic E-state index is 4.35. The van der Waals surface area contributed by atoms with Crippen molar-refractivity contribution in [2.75, 3.05) is 6.54 Å². The van der Waals surface area contributed by atoms with Gasteiger partial charge in [0.15, 0.2) is 5.65 Å². The molecule has 0 saturated heterocycles. The zero-order valence-electron chi connectivity index (χ0n) is 11.9. The van der Waals surface area contributed by atoms with Crippen LogP contribution in [-0.4, -0.2) is 20.9 Å². The van der Waals surface area contributed by atoms with Crippen molar-refractivity contribution in [1.29, 1.82) is 0 Å². The van der Waals surface area contributed by atoms with E-state index in [1.165, 1.54) is 11.1 Å². The average Bonchev–Trinajstić information content (AvgIpc) is 2.86. The Balaban J connectivity index is 1.58. The van der Waals surface area contributed by atoms with Crippen LogP contribution in [0, 0.1) is 6.92 Å². The van der Waals surface area contributed by atoms with Crippen LogP contribution in [0.1, 0.15) is 16.8 Å². The molecule has 2 aromatic heterocycles. The number of halogens is 1. The van der Waals surface area contributed by atoms with Crippen molar-refractivity contribution in [2.24, 2.45) is 0 Å². The standard InChI is InChI=1S/C16H17BrN4/c1-12-3-2-4-13(7-12)5-6-18-8-14-9-20-16-10-19-15(17)11-21(14)16/h2-4,7,9-11,18H,5-6,8H2,1H3. The molecule has 0 radical (unpaired) electrons. The Morgan fingerprint density at radius 1 is 1.24 bits per heavy atom. The minimum atomic E-state index is 0.795. The number of nitrogens with one attached hydrogen (secondary N) is 1. The largest absolute Gasteiger partial charge is 0.311 e. The first-order chi connectivity index (χ1) is 10.2. The maximum Gasteiger partial charge on any atom is 0.155 e. The summed E-state index contributed by atoms with van der Waals surface area (Å²) in [6.45, 7) is 3.87. The molecular formula is C16H17BrN4. The number of hydrogen-bond donors (Lipinski definition) is 1. The summed E-state index contributed by atoms with van der Waals surface area (Å²) >= 11 is 3.39. The Morgan fingerprint density at radius 2 is 2.14 bits per heavy atom. The molecular weight excluding hydrogens is 328 g/mol. The number of imidazole rings is 1. The second kappa shape index (κ2) is 6.37. The monoisotopic (exact) mass is 344 g/mol. The summed E-state index contributed by atoms with van der Waals surface area (Å²) < 4.78 is 2.87. The fourth-order valence-electron chi connectivity index (χ4n) is 2.36. The van der Waals surface area contributed by atoms with E-state index in [1.54, 1.807) is 6.20 Å². The molecule has 0 unspecified atom stereocenters. The smallest absolute Gasteiger partial charge is 0.155 e. The van der Waals surface area contributed by atoms with Crippen LogP contribution < -0.4 is 5.32 Å². The van der Waals surface area contributed by atoms with Crippen molar-refractivity contribution < 1.29 is 0 Å². The van der Waals surface area contributed by atoms with Crippen LogP contribution in [0.3, 0.4) is 0 Å². The summed E-state index contributed by atoms with van der Waals surface area (Å²) in [5.74, 6) is 0. The number of nitrogens with zero attached hydrogens (tertiary/aromatic N) is 3. The Labute approximate surface area is 132 Å². The van der Waals surface area contributed by atoms with Crippen molar-refractivity contribution in [3.8, 4) is 0 Å². The van der Waals surface area contributed by atoms with Crippen molar-refractivity contribution >= 4 is 21.6 Å². The van der Waals surface area contributed by atoms with Gasteiger partial charge >= 0.3 is 0 Å². The van der Waals surface area contributed by atoms with Gasteiger partial charge in [-0.25, -0.2) is 9.97 Å². The molecule has 0 bridgehead atoms. The third-order valence-corrected chi connectivity index (χ3v) is 3.83. The van der Waals surface area contributed by atoms with Gasteiger partial charge in [-0.15, -0.1) is 0 Å². The average molecular weight is 345 g/mol. The molecule has 0 aliphatic rings. The van der Waals surface area contributed by atoms with E-state index in [4.69, 9.17) is 0 Å². The molecule has 21 heavy (non-hydrogen) atoms. The van der Waals surface area contributed by atoms with Gasteiger partial charge in [-0.2, -0.15) is 0 Å². The lowest BCUT2D eigenvalue weighted by molar-refractivity contribution is 0.670. The van der Waals surface area contributed by atoms with Gasteiger partial charge < -0.3 is 5.32 Å². The van der Waals surface area contributed by atoms with Crippen molar-refractivity contribution in [3.05, 3.63) is 64.3 Å². The quantitative estimate of drug-likeness (QED) is 0.723. The molecule has 2 heterocycles. The van der Waals surface area contributed by atoms with Gasteiger partial charge in [-0.3, -0.25) is 4.40 Å². The van der Waals surface area contributed by atoms with Gasteiger partial charge in [-0.05, 0) is 41.4 Å². The van der Waals surface area contributed by atoms with Crippen molar-refractivity contribution in [2.45, 2.75) is 19.9 Å². The minimum absolute atomic E-state index is 0.795. The van der Waals surface area contributed by atoms with E-state index in [0.29, 0.717) is 0 Å². The number of fused-ring (bicyclic) bond motifs is 1. The Kier molecular flexibility index (Phi) is 4.31. The van der Waals surface area contributed by atoms with Crippen LogP contribution in [0.5, 0.6) is 0 Å². The molecule has 0 saturated carbocycles. The zero-order valence-corrected chi connectivity index (χ0v) is 13.5. The maximum atomic E-state index is 4.35. The van der Waals surface area contributed by atoms with Gasteiger partial charge in [0.1, 0.15) is 4.60 Å². The highest BCUT2D eigenvalue weighted by atomic mass is 79.9. The fourth-order valence-corrected chi connectivity index (χ4v) is 2.67. The second-order valence-electron chi connectivity index (χ2n) is 5.10. The third kappa shape index (κ3) is 3.49. The Bertz CT molecular complexity index is 751. The number of aromatic nitrogens is 3. The first kappa shape index (κ1) is 14.2. The molecule has 108 valence electrons. The molecule has 0 fully saturated rings. The second-order valence-corrected chi connectivity index (χ2v) is 5.92. The van der Waals surface area contributed by atoms with Crippen molar-refractivity contribution in [1.82, 2.24) is 19.7 Å². The van der Waals surface area contributed by atoms with Gasteiger partial charge in [0.25, 0.3) is 0 Å². The molecule has 0 aliphatic carbocycles. The first-order valence-electron chi connectivity index (χ1n) is 6.96. The minimum Gasteiger partial charge on any atom is -0.311 e. The molecule has 0 amide bonds. The van der Waals surface area contributed by atoms with Gasteiger partial charge in [0.2, 0.25) is 0 Å². The Hall–Kier alpha value is -1.72. The first-order valence-corrected chi connectivity index (χ1v) is 7.75. The molecule has 1 aromatic carbocycles. The SMILES string of the molecule is Cc1cccc(CCNCc2cnc3cnc(Br)cn23)c1. The normalized spacial score (nSPS) is 11.1. The van der Waals surface area contributed by atoms with Crippen LogP contribution in [0.15, 0.2) is 47.5 Å². The Morgan fingerprint density at radius 3 is 3.00 bits per heavy atom. The van der Waals surface area contributed by atoms with E-state index in [-0.39, 0.29) is 0 Å². The summed E-state index contributed by atoms with van der Waals surface area (Å²) in [4.78, 5) is 8.53. The molecule has 3 aromatic rings. The highest BCUT2D eigenvalue weighted by Gasteiger charge is 2.03. The number of benzene rings is 1.